The SMILES string of the molecule is CCCC(C)(O)CNC(=O)c1cc(O)[nH]c(=O)c1. The molecular formula is C12H18N2O4. The van der Waals surface area contributed by atoms with Crippen molar-refractivity contribution in [1.29, 1.82) is 0 Å². The number of carbonyl (C=O) groups is 1. The fraction of sp³-hybridized carbons (Fsp3) is 0.500. The van der Waals surface area contributed by atoms with E-state index in [0.717, 1.165) is 18.6 Å². The highest BCUT2D eigenvalue weighted by molar-refractivity contribution is 5.94. The molecule has 0 saturated heterocycles. The molecule has 0 aromatic carbocycles. The number of aliphatic hydroxyl groups is 1. The van der Waals surface area contributed by atoms with Crippen LogP contribution in [0.15, 0.2) is 16.9 Å². The average molecular weight is 254 g/mol. The van der Waals surface area contributed by atoms with Crippen molar-refractivity contribution in [3.05, 3.63) is 28.0 Å². The number of aromatic nitrogens is 1. The summed E-state index contributed by atoms with van der Waals surface area (Å²) in [5.74, 6) is -0.874. The van der Waals surface area contributed by atoms with Crippen LogP contribution < -0.4 is 10.9 Å². The number of hydrogen-bond acceptors (Lipinski definition) is 4. The summed E-state index contributed by atoms with van der Waals surface area (Å²) >= 11 is 0. The third-order valence-corrected chi connectivity index (χ3v) is 2.51. The lowest BCUT2D eigenvalue weighted by Gasteiger charge is -2.22. The fourth-order valence-electron chi connectivity index (χ4n) is 1.66. The summed E-state index contributed by atoms with van der Waals surface area (Å²) in [6.45, 7) is 3.66. The molecule has 100 valence electrons. The van der Waals surface area contributed by atoms with Crippen LogP contribution in [0.2, 0.25) is 0 Å². The monoisotopic (exact) mass is 254 g/mol. The minimum absolute atomic E-state index is 0.0588. The summed E-state index contributed by atoms with van der Waals surface area (Å²) in [6.07, 6.45) is 1.36. The van der Waals surface area contributed by atoms with Gasteiger partial charge in [-0.3, -0.25) is 14.6 Å². The van der Waals surface area contributed by atoms with Gasteiger partial charge in [0.05, 0.1) is 11.2 Å². The normalized spacial score (nSPS) is 13.9. The molecule has 0 saturated carbocycles. The maximum Gasteiger partial charge on any atom is 0.251 e. The second-order valence-electron chi connectivity index (χ2n) is 4.55. The first-order chi connectivity index (χ1) is 8.34. The van der Waals surface area contributed by atoms with Crippen LogP contribution >= 0.6 is 0 Å². The Kier molecular flexibility index (Phi) is 4.49. The zero-order valence-electron chi connectivity index (χ0n) is 10.5. The van der Waals surface area contributed by atoms with E-state index in [1.165, 1.54) is 0 Å². The van der Waals surface area contributed by atoms with E-state index in [1.54, 1.807) is 6.92 Å². The second-order valence-corrected chi connectivity index (χ2v) is 4.55. The number of hydrogen-bond donors (Lipinski definition) is 4. The molecule has 0 aliphatic heterocycles. The third kappa shape index (κ3) is 4.21. The number of aromatic hydroxyl groups is 1. The average Bonchev–Trinajstić information content (AvgIpc) is 2.24. The molecule has 1 aromatic heterocycles. The minimum atomic E-state index is -0.979. The molecule has 1 amide bonds. The van der Waals surface area contributed by atoms with Gasteiger partial charge in [-0.15, -0.1) is 0 Å². The summed E-state index contributed by atoms with van der Waals surface area (Å²) in [4.78, 5) is 24.9. The van der Waals surface area contributed by atoms with Crippen LogP contribution in [-0.2, 0) is 0 Å². The maximum atomic E-state index is 11.7. The highest BCUT2D eigenvalue weighted by atomic mass is 16.3. The number of amides is 1. The predicted octanol–water partition coefficient (Wildman–Crippen LogP) is 0.361. The van der Waals surface area contributed by atoms with Gasteiger partial charge in [-0.05, 0) is 13.3 Å². The van der Waals surface area contributed by atoms with Gasteiger partial charge in [0, 0.05) is 18.7 Å². The molecule has 0 fully saturated rings. The number of pyridine rings is 1. The van der Waals surface area contributed by atoms with Gasteiger partial charge in [0.15, 0.2) is 5.88 Å². The van der Waals surface area contributed by atoms with Crippen LogP contribution in [0.4, 0.5) is 0 Å². The van der Waals surface area contributed by atoms with Crippen LogP contribution in [0.3, 0.4) is 0 Å². The topological polar surface area (TPSA) is 102 Å². The van der Waals surface area contributed by atoms with Crippen molar-refractivity contribution < 1.29 is 15.0 Å². The molecule has 1 rings (SSSR count). The quantitative estimate of drug-likeness (QED) is 0.609. The van der Waals surface area contributed by atoms with Gasteiger partial charge in [-0.25, -0.2) is 0 Å². The smallest absolute Gasteiger partial charge is 0.251 e. The van der Waals surface area contributed by atoms with Gasteiger partial charge in [-0.1, -0.05) is 13.3 Å². The lowest BCUT2D eigenvalue weighted by atomic mass is 10.0. The van der Waals surface area contributed by atoms with Crippen LogP contribution in [0.25, 0.3) is 0 Å². The van der Waals surface area contributed by atoms with Gasteiger partial charge >= 0.3 is 0 Å². The van der Waals surface area contributed by atoms with Gasteiger partial charge in [0.25, 0.3) is 11.5 Å². The zero-order valence-corrected chi connectivity index (χ0v) is 10.5. The molecule has 1 heterocycles. The Bertz CT molecular complexity index is 479. The summed E-state index contributed by atoms with van der Waals surface area (Å²) in [5.41, 5.74) is -1.47. The Balaban J connectivity index is 2.69. The number of H-pyrrole nitrogens is 1. The first kappa shape index (κ1) is 14.2. The molecule has 1 aromatic rings. The summed E-state index contributed by atoms with van der Waals surface area (Å²) in [6, 6.07) is 2.24. The molecule has 1 unspecified atom stereocenters. The Hall–Kier alpha value is -1.82. The highest BCUT2D eigenvalue weighted by Crippen LogP contribution is 2.10. The largest absolute Gasteiger partial charge is 0.494 e. The number of aromatic amines is 1. The van der Waals surface area contributed by atoms with Gasteiger partial charge < -0.3 is 15.5 Å². The van der Waals surface area contributed by atoms with E-state index in [0.29, 0.717) is 6.42 Å². The third-order valence-electron chi connectivity index (χ3n) is 2.51. The van der Waals surface area contributed by atoms with E-state index < -0.39 is 17.1 Å². The van der Waals surface area contributed by atoms with Gasteiger partial charge in [0.1, 0.15) is 0 Å². The first-order valence-corrected chi connectivity index (χ1v) is 5.78. The molecule has 6 nitrogen and oxygen atoms in total. The second kappa shape index (κ2) is 5.68. The molecule has 0 aliphatic rings. The molecule has 4 N–H and O–H groups in total. The molecule has 0 bridgehead atoms. The number of rotatable bonds is 5. The van der Waals surface area contributed by atoms with Crippen LogP contribution in [0, 0.1) is 0 Å². The lowest BCUT2D eigenvalue weighted by molar-refractivity contribution is 0.0469. The molecular weight excluding hydrogens is 236 g/mol. The molecule has 0 aliphatic carbocycles. The summed E-state index contributed by atoms with van der Waals surface area (Å²) < 4.78 is 0. The minimum Gasteiger partial charge on any atom is -0.494 e. The Morgan fingerprint density at radius 3 is 2.72 bits per heavy atom. The van der Waals surface area contributed by atoms with E-state index in [1.807, 2.05) is 6.92 Å². The van der Waals surface area contributed by atoms with Crippen molar-refractivity contribution in [2.45, 2.75) is 32.3 Å². The van der Waals surface area contributed by atoms with Crippen LogP contribution in [0.5, 0.6) is 5.88 Å². The van der Waals surface area contributed by atoms with Crippen molar-refractivity contribution in [1.82, 2.24) is 10.3 Å². The molecule has 6 heteroatoms. The van der Waals surface area contributed by atoms with Gasteiger partial charge in [0.2, 0.25) is 0 Å². The number of nitrogens with one attached hydrogen (secondary N) is 2. The van der Waals surface area contributed by atoms with E-state index >= 15 is 0 Å². The predicted molar refractivity (Wildman–Crippen MR) is 66.6 cm³/mol. The Labute approximate surface area is 105 Å². The van der Waals surface area contributed by atoms with Crippen molar-refractivity contribution in [2.24, 2.45) is 0 Å². The fourth-order valence-corrected chi connectivity index (χ4v) is 1.66. The number of carbonyl (C=O) groups excluding carboxylic acids is 1. The molecule has 0 radical (unpaired) electrons. The Morgan fingerprint density at radius 2 is 2.17 bits per heavy atom. The zero-order chi connectivity index (χ0) is 13.8. The Morgan fingerprint density at radius 1 is 1.50 bits per heavy atom. The van der Waals surface area contributed by atoms with Crippen LogP contribution in [0.1, 0.15) is 37.0 Å². The summed E-state index contributed by atoms with van der Waals surface area (Å²) in [7, 11) is 0. The standard InChI is InChI=1S/C12H18N2O4/c1-3-4-12(2,18)7-13-11(17)8-5-9(15)14-10(16)6-8/h5-6,18H,3-4,7H2,1-2H3,(H,13,17)(H2,14,15,16). The molecule has 18 heavy (non-hydrogen) atoms. The highest BCUT2D eigenvalue weighted by Gasteiger charge is 2.20. The molecule has 1 atom stereocenters. The van der Waals surface area contributed by atoms with E-state index in [-0.39, 0.29) is 18.0 Å². The molecule has 0 spiro atoms. The first-order valence-electron chi connectivity index (χ1n) is 5.78. The van der Waals surface area contributed by atoms with Crippen LogP contribution in [-0.4, -0.2) is 33.3 Å². The van der Waals surface area contributed by atoms with Crippen molar-refractivity contribution in [2.75, 3.05) is 6.54 Å². The van der Waals surface area contributed by atoms with Crippen molar-refractivity contribution in [3.8, 4) is 5.88 Å². The van der Waals surface area contributed by atoms with E-state index in [9.17, 15) is 19.8 Å². The van der Waals surface area contributed by atoms with Crippen molar-refractivity contribution >= 4 is 5.91 Å². The maximum absolute atomic E-state index is 11.7. The van der Waals surface area contributed by atoms with Crippen molar-refractivity contribution in [3.63, 3.8) is 0 Å². The lowest BCUT2D eigenvalue weighted by Crippen LogP contribution is -2.40. The van der Waals surface area contributed by atoms with E-state index in [2.05, 4.69) is 10.3 Å². The van der Waals surface area contributed by atoms with Gasteiger partial charge in [-0.2, -0.15) is 0 Å². The van der Waals surface area contributed by atoms with E-state index in [4.69, 9.17) is 0 Å². The summed E-state index contributed by atoms with van der Waals surface area (Å²) in [5, 5.41) is 21.6.